The summed E-state index contributed by atoms with van der Waals surface area (Å²) in [6.45, 7) is 4.03. The molecule has 0 amide bonds. The van der Waals surface area contributed by atoms with Gasteiger partial charge in [0, 0.05) is 21.6 Å². The molecule has 3 heteroatoms. The summed E-state index contributed by atoms with van der Waals surface area (Å²) < 4.78 is 14.7. The predicted octanol–water partition coefficient (Wildman–Crippen LogP) is 6.63. The van der Waals surface area contributed by atoms with E-state index in [-0.39, 0.29) is 6.04 Å². The van der Waals surface area contributed by atoms with Crippen molar-refractivity contribution in [2.45, 2.75) is 19.9 Å². The van der Waals surface area contributed by atoms with E-state index in [2.05, 4.69) is 53.8 Å². The van der Waals surface area contributed by atoms with Gasteiger partial charge in [-0.05, 0) is 25.0 Å². The van der Waals surface area contributed by atoms with Gasteiger partial charge in [-0.15, -0.1) is 0 Å². The van der Waals surface area contributed by atoms with E-state index < -0.39 is 7.14 Å². The number of benzene rings is 4. The van der Waals surface area contributed by atoms with Crippen molar-refractivity contribution in [2.75, 3.05) is 0 Å². The van der Waals surface area contributed by atoms with Gasteiger partial charge in [0.1, 0.15) is 0 Å². The van der Waals surface area contributed by atoms with Crippen LogP contribution in [0.25, 0.3) is 0 Å². The molecule has 160 valence electrons. The summed E-state index contributed by atoms with van der Waals surface area (Å²) in [6, 6.07) is 40.4. The first kappa shape index (κ1) is 21.9. The van der Waals surface area contributed by atoms with E-state index in [0.29, 0.717) is 0 Å². The third kappa shape index (κ3) is 4.47. The Bertz CT molecular complexity index is 1140. The average molecular weight is 438 g/mol. The van der Waals surface area contributed by atoms with Gasteiger partial charge in [0.25, 0.3) is 0 Å². The second kappa shape index (κ2) is 9.85. The minimum absolute atomic E-state index is 0.0349. The first-order valence-electron chi connectivity index (χ1n) is 10.9. The molecule has 0 fully saturated rings. The first-order chi connectivity index (χ1) is 15.6. The topological polar surface area (TPSA) is 29.1 Å². The van der Waals surface area contributed by atoms with Crippen LogP contribution < -0.4 is 15.9 Å². The summed E-state index contributed by atoms with van der Waals surface area (Å²) in [6.07, 6.45) is 0. The standard InChI is InChI=1S/C29H28NOP/c1-23(30-29(25-15-7-3-8-16-25)26-17-9-4-10-18-26)24(2)32(31,27-19-11-5-12-20-27)28-21-13-6-14-22-28/h3-22,29-30H,1-2H3/b24-23+. The fourth-order valence-electron chi connectivity index (χ4n) is 4.02. The fourth-order valence-corrected chi connectivity index (χ4v) is 6.81. The third-order valence-electron chi connectivity index (χ3n) is 5.88. The second-order valence-corrected chi connectivity index (χ2v) is 10.8. The van der Waals surface area contributed by atoms with Crippen molar-refractivity contribution in [1.29, 1.82) is 0 Å². The number of hydrogen-bond acceptors (Lipinski definition) is 2. The molecular formula is C29H28NOP. The Morgan fingerprint density at radius 1 is 0.594 bits per heavy atom. The third-order valence-corrected chi connectivity index (χ3v) is 9.21. The van der Waals surface area contributed by atoms with Gasteiger partial charge in [-0.2, -0.15) is 0 Å². The highest BCUT2D eigenvalue weighted by Gasteiger charge is 2.31. The monoisotopic (exact) mass is 437 g/mol. The summed E-state index contributed by atoms with van der Waals surface area (Å²) in [4.78, 5) is 0. The molecule has 0 saturated heterocycles. The largest absolute Gasteiger partial charge is 0.377 e. The average Bonchev–Trinajstić information content (AvgIpc) is 2.88. The van der Waals surface area contributed by atoms with Crippen molar-refractivity contribution in [2.24, 2.45) is 0 Å². The molecule has 0 unspecified atom stereocenters. The highest BCUT2D eigenvalue weighted by molar-refractivity contribution is 7.82. The molecule has 0 aliphatic rings. The molecule has 0 aliphatic heterocycles. The Morgan fingerprint density at radius 3 is 1.31 bits per heavy atom. The number of allylic oxidation sites excluding steroid dienone is 2. The van der Waals surface area contributed by atoms with E-state index in [1.165, 1.54) is 11.1 Å². The van der Waals surface area contributed by atoms with Crippen LogP contribution in [0, 0.1) is 0 Å². The SMILES string of the molecule is C/C(NC(c1ccccc1)c1ccccc1)=C(/C)P(=O)(c1ccccc1)c1ccccc1. The molecule has 2 nitrogen and oxygen atoms in total. The molecule has 0 radical (unpaired) electrons. The summed E-state index contributed by atoms with van der Waals surface area (Å²) in [5, 5.41) is 6.27. The highest BCUT2D eigenvalue weighted by Crippen LogP contribution is 2.52. The molecule has 0 bridgehead atoms. The maximum atomic E-state index is 14.7. The number of rotatable bonds is 7. The molecule has 32 heavy (non-hydrogen) atoms. The molecule has 0 atom stereocenters. The van der Waals surface area contributed by atoms with Gasteiger partial charge < -0.3 is 9.88 Å². The van der Waals surface area contributed by atoms with E-state index >= 15 is 0 Å². The van der Waals surface area contributed by atoms with Gasteiger partial charge in [-0.25, -0.2) is 0 Å². The summed E-state index contributed by atoms with van der Waals surface area (Å²) >= 11 is 0. The number of nitrogens with one attached hydrogen (secondary N) is 1. The Kier molecular flexibility index (Phi) is 6.73. The van der Waals surface area contributed by atoms with Crippen LogP contribution in [0.1, 0.15) is 31.0 Å². The van der Waals surface area contributed by atoms with Crippen molar-refractivity contribution in [3.05, 3.63) is 143 Å². The van der Waals surface area contributed by atoms with Crippen molar-refractivity contribution in [3.63, 3.8) is 0 Å². The maximum Gasteiger partial charge on any atom is 0.168 e. The van der Waals surface area contributed by atoms with E-state index in [1.54, 1.807) is 0 Å². The van der Waals surface area contributed by atoms with E-state index in [0.717, 1.165) is 21.6 Å². The van der Waals surface area contributed by atoms with Crippen LogP contribution in [0.2, 0.25) is 0 Å². The lowest BCUT2D eigenvalue weighted by Crippen LogP contribution is -2.24. The molecule has 4 rings (SSSR count). The summed E-state index contributed by atoms with van der Waals surface area (Å²) in [5.74, 6) is 0. The molecular weight excluding hydrogens is 409 g/mol. The Balaban J connectivity index is 1.82. The Morgan fingerprint density at radius 2 is 0.938 bits per heavy atom. The minimum atomic E-state index is -2.99. The normalized spacial score (nSPS) is 12.3. The van der Waals surface area contributed by atoms with Crippen molar-refractivity contribution >= 4 is 17.8 Å². The highest BCUT2D eigenvalue weighted by atomic mass is 31.2. The zero-order valence-electron chi connectivity index (χ0n) is 18.5. The lowest BCUT2D eigenvalue weighted by molar-refractivity contribution is 0.589. The molecule has 0 spiro atoms. The van der Waals surface area contributed by atoms with Gasteiger partial charge in [-0.3, -0.25) is 0 Å². The van der Waals surface area contributed by atoms with Crippen LogP contribution in [0.15, 0.2) is 132 Å². The molecule has 0 saturated carbocycles. The maximum absolute atomic E-state index is 14.7. The van der Waals surface area contributed by atoms with Gasteiger partial charge in [0.15, 0.2) is 7.14 Å². The molecule has 0 heterocycles. The quantitative estimate of drug-likeness (QED) is 0.329. The number of hydrogen-bond donors (Lipinski definition) is 1. The zero-order valence-corrected chi connectivity index (χ0v) is 19.4. The van der Waals surface area contributed by atoms with Crippen LogP contribution >= 0.6 is 7.14 Å². The lowest BCUT2D eigenvalue weighted by Gasteiger charge is -2.26. The van der Waals surface area contributed by atoms with E-state index in [1.807, 2.05) is 86.6 Å². The van der Waals surface area contributed by atoms with Gasteiger partial charge in [0.05, 0.1) is 6.04 Å². The van der Waals surface area contributed by atoms with Crippen LogP contribution in [0.5, 0.6) is 0 Å². The molecule has 0 aromatic heterocycles. The minimum Gasteiger partial charge on any atom is -0.377 e. The second-order valence-electron chi connectivity index (χ2n) is 7.89. The van der Waals surface area contributed by atoms with Crippen molar-refractivity contribution in [3.8, 4) is 0 Å². The van der Waals surface area contributed by atoms with Crippen LogP contribution in [0.4, 0.5) is 0 Å². The van der Waals surface area contributed by atoms with E-state index in [9.17, 15) is 4.57 Å². The van der Waals surface area contributed by atoms with Crippen LogP contribution in [-0.2, 0) is 4.57 Å². The fraction of sp³-hybridized carbons (Fsp3) is 0.103. The Labute approximate surface area is 191 Å². The summed E-state index contributed by atoms with van der Waals surface area (Å²) in [7, 11) is -2.99. The first-order valence-corrected chi connectivity index (χ1v) is 12.6. The predicted molar refractivity (Wildman–Crippen MR) is 136 cm³/mol. The van der Waals surface area contributed by atoms with Gasteiger partial charge >= 0.3 is 0 Å². The Hall–Kier alpha value is -3.35. The zero-order chi connectivity index (χ0) is 22.4. The van der Waals surface area contributed by atoms with Crippen molar-refractivity contribution < 1.29 is 4.57 Å². The van der Waals surface area contributed by atoms with Crippen LogP contribution in [-0.4, -0.2) is 0 Å². The van der Waals surface area contributed by atoms with E-state index in [4.69, 9.17) is 0 Å². The van der Waals surface area contributed by atoms with Gasteiger partial charge in [0.2, 0.25) is 0 Å². The molecule has 1 N–H and O–H groups in total. The van der Waals surface area contributed by atoms with Gasteiger partial charge in [-0.1, -0.05) is 121 Å². The van der Waals surface area contributed by atoms with Crippen LogP contribution in [0.3, 0.4) is 0 Å². The summed E-state index contributed by atoms with van der Waals surface area (Å²) in [5.41, 5.74) is 3.26. The molecule has 4 aromatic rings. The van der Waals surface area contributed by atoms with Crippen molar-refractivity contribution in [1.82, 2.24) is 5.32 Å². The molecule has 0 aliphatic carbocycles. The molecule has 4 aromatic carbocycles. The smallest absolute Gasteiger partial charge is 0.168 e. The lowest BCUT2D eigenvalue weighted by atomic mass is 9.98.